The highest BCUT2D eigenvalue weighted by molar-refractivity contribution is 5.99. The molecule has 0 saturated carbocycles. The minimum atomic E-state index is -0.652. The Labute approximate surface area is 168 Å². The number of methoxy groups -OCH3 is 2. The lowest BCUT2D eigenvalue weighted by atomic mass is 10.1. The van der Waals surface area contributed by atoms with E-state index in [0.29, 0.717) is 0 Å². The van der Waals surface area contributed by atoms with Crippen LogP contribution in [-0.2, 0) is 25.5 Å². The molecule has 0 radical (unpaired) electrons. The highest BCUT2D eigenvalue weighted by Crippen LogP contribution is 2.17. The van der Waals surface area contributed by atoms with Crippen LogP contribution in [-0.4, -0.2) is 44.9 Å². The van der Waals surface area contributed by atoms with Crippen molar-refractivity contribution in [3.05, 3.63) is 64.7 Å². The molecule has 0 unspecified atom stereocenters. The number of ether oxygens (including phenoxy) is 2. The van der Waals surface area contributed by atoms with E-state index in [0.717, 1.165) is 12.0 Å². The summed E-state index contributed by atoms with van der Waals surface area (Å²) in [6, 6.07) is 11.9. The number of carbonyl (C=O) groups excluding carboxylic acids is 3. The Bertz CT molecular complexity index is 872. The maximum absolute atomic E-state index is 12.1. The third kappa shape index (κ3) is 6.46. The fraction of sp³-hybridized carbons (Fsp3) is 0.238. The number of aryl methyl sites for hydroxylation is 1. The van der Waals surface area contributed by atoms with Crippen LogP contribution in [0.15, 0.2) is 47.6 Å². The van der Waals surface area contributed by atoms with Crippen molar-refractivity contribution in [2.75, 3.05) is 26.1 Å². The molecular formula is C21H22N2O6. The molecule has 0 aliphatic heterocycles. The number of benzene rings is 2. The van der Waals surface area contributed by atoms with Crippen molar-refractivity contribution in [2.24, 2.45) is 5.16 Å². The highest BCUT2D eigenvalue weighted by atomic mass is 16.6. The molecule has 0 aromatic heterocycles. The van der Waals surface area contributed by atoms with E-state index in [9.17, 15) is 14.4 Å². The summed E-state index contributed by atoms with van der Waals surface area (Å²) in [6.45, 7) is 1.72. The van der Waals surface area contributed by atoms with Gasteiger partial charge in [0.2, 0.25) is 0 Å². The molecule has 1 amide bonds. The number of esters is 2. The van der Waals surface area contributed by atoms with E-state index in [1.54, 1.807) is 0 Å². The van der Waals surface area contributed by atoms with Gasteiger partial charge in [-0.05, 0) is 35.7 Å². The maximum Gasteiger partial charge on any atom is 0.337 e. The second-order valence-corrected chi connectivity index (χ2v) is 5.93. The topological polar surface area (TPSA) is 103 Å². The zero-order chi connectivity index (χ0) is 21.2. The van der Waals surface area contributed by atoms with Gasteiger partial charge in [-0.2, -0.15) is 0 Å². The Morgan fingerprint density at radius 3 is 2.07 bits per heavy atom. The highest BCUT2D eigenvalue weighted by Gasteiger charge is 2.15. The number of nitrogens with zero attached hydrogens (tertiary/aromatic N) is 1. The van der Waals surface area contributed by atoms with Crippen molar-refractivity contribution < 1.29 is 28.7 Å². The normalized spacial score (nSPS) is 10.4. The SMILES string of the molecule is CCc1ccc(/C=N\OCC(=O)Nc2cc(C(=O)OC)cc(C(=O)OC)c2)cc1. The van der Waals surface area contributed by atoms with Crippen LogP contribution in [0.5, 0.6) is 0 Å². The average molecular weight is 398 g/mol. The fourth-order valence-electron chi connectivity index (χ4n) is 2.40. The Hall–Kier alpha value is -3.68. The number of anilines is 1. The monoisotopic (exact) mass is 398 g/mol. The summed E-state index contributed by atoms with van der Waals surface area (Å²) in [5.74, 6) is -1.82. The molecule has 2 rings (SSSR count). The molecule has 0 aliphatic carbocycles. The van der Waals surface area contributed by atoms with Crippen LogP contribution in [0.1, 0.15) is 38.8 Å². The summed E-state index contributed by atoms with van der Waals surface area (Å²) >= 11 is 0. The third-order valence-corrected chi connectivity index (χ3v) is 3.92. The van der Waals surface area contributed by atoms with E-state index in [1.165, 1.54) is 44.2 Å². The van der Waals surface area contributed by atoms with Crippen LogP contribution < -0.4 is 5.32 Å². The Balaban J connectivity index is 1.98. The lowest BCUT2D eigenvalue weighted by Crippen LogP contribution is -2.18. The summed E-state index contributed by atoms with van der Waals surface area (Å²) < 4.78 is 9.31. The van der Waals surface area contributed by atoms with E-state index in [2.05, 4.69) is 26.9 Å². The first-order valence-corrected chi connectivity index (χ1v) is 8.82. The van der Waals surface area contributed by atoms with Gasteiger partial charge < -0.3 is 19.6 Å². The van der Waals surface area contributed by atoms with Gasteiger partial charge in [0.05, 0.1) is 31.6 Å². The summed E-state index contributed by atoms with van der Waals surface area (Å²) in [5, 5.41) is 6.30. The average Bonchev–Trinajstić information content (AvgIpc) is 2.75. The Morgan fingerprint density at radius 1 is 0.966 bits per heavy atom. The molecule has 0 spiro atoms. The van der Waals surface area contributed by atoms with Crippen molar-refractivity contribution in [3.63, 3.8) is 0 Å². The van der Waals surface area contributed by atoms with Gasteiger partial charge in [-0.3, -0.25) is 4.79 Å². The van der Waals surface area contributed by atoms with Crippen LogP contribution in [0.3, 0.4) is 0 Å². The predicted octanol–water partition coefficient (Wildman–Crippen LogP) is 2.81. The molecule has 0 saturated heterocycles. The molecule has 0 heterocycles. The van der Waals surface area contributed by atoms with Gasteiger partial charge in [0.25, 0.3) is 5.91 Å². The van der Waals surface area contributed by atoms with Crippen molar-refractivity contribution in [1.29, 1.82) is 0 Å². The second-order valence-electron chi connectivity index (χ2n) is 5.93. The molecule has 29 heavy (non-hydrogen) atoms. The number of rotatable bonds is 8. The van der Waals surface area contributed by atoms with Crippen molar-refractivity contribution in [1.82, 2.24) is 0 Å². The van der Waals surface area contributed by atoms with Gasteiger partial charge in [-0.25, -0.2) is 9.59 Å². The summed E-state index contributed by atoms with van der Waals surface area (Å²) in [7, 11) is 2.43. The van der Waals surface area contributed by atoms with Gasteiger partial charge >= 0.3 is 11.9 Å². The second kappa shape index (κ2) is 10.6. The fourth-order valence-corrected chi connectivity index (χ4v) is 2.40. The van der Waals surface area contributed by atoms with E-state index in [4.69, 9.17) is 4.84 Å². The summed E-state index contributed by atoms with van der Waals surface area (Å²) in [4.78, 5) is 40.6. The lowest BCUT2D eigenvalue weighted by Gasteiger charge is -2.09. The van der Waals surface area contributed by atoms with E-state index in [-0.39, 0.29) is 23.4 Å². The molecule has 0 aliphatic rings. The maximum atomic E-state index is 12.1. The minimum Gasteiger partial charge on any atom is -0.465 e. The molecular weight excluding hydrogens is 376 g/mol. The van der Waals surface area contributed by atoms with Crippen LogP contribution in [0.2, 0.25) is 0 Å². The van der Waals surface area contributed by atoms with Gasteiger partial charge in [-0.1, -0.05) is 36.3 Å². The third-order valence-electron chi connectivity index (χ3n) is 3.92. The first-order chi connectivity index (χ1) is 14.0. The Morgan fingerprint density at radius 2 is 1.55 bits per heavy atom. The molecule has 0 fully saturated rings. The summed E-state index contributed by atoms with van der Waals surface area (Å²) in [5.41, 5.74) is 2.47. The molecule has 152 valence electrons. The number of carbonyl (C=O) groups is 3. The van der Waals surface area contributed by atoms with Gasteiger partial charge in [0, 0.05) is 5.69 Å². The van der Waals surface area contributed by atoms with Gasteiger partial charge in [0.15, 0.2) is 6.61 Å². The molecule has 2 aromatic carbocycles. The van der Waals surface area contributed by atoms with Crippen LogP contribution in [0.4, 0.5) is 5.69 Å². The van der Waals surface area contributed by atoms with E-state index in [1.807, 2.05) is 24.3 Å². The number of oxime groups is 1. The van der Waals surface area contributed by atoms with Crippen LogP contribution in [0.25, 0.3) is 0 Å². The van der Waals surface area contributed by atoms with Crippen molar-refractivity contribution in [3.8, 4) is 0 Å². The standard InChI is InChI=1S/C21H22N2O6/c1-4-14-5-7-15(8-6-14)12-22-29-13-19(24)23-18-10-16(20(25)27-2)9-17(11-18)21(26)28-3/h5-12H,4,13H2,1-3H3,(H,23,24)/b22-12-. The molecule has 1 N–H and O–H groups in total. The first-order valence-electron chi connectivity index (χ1n) is 8.82. The molecule has 0 bridgehead atoms. The predicted molar refractivity (Wildman–Crippen MR) is 107 cm³/mol. The van der Waals surface area contributed by atoms with Crippen molar-refractivity contribution in [2.45, 2.75) is 13.3 Å². The minimum absolute atomic E-state index is 0.0974. The quantitative estimate of drug-likeness (QED) is 0.417. The smallest absolute Gasteiger partial charge is 0.337 e. The molecule has 8 nitrogen and oxygen atoms in total. The van der Waals surface area contributed by atoms with Gasteiger partial charge in [0.1, 0.15) is 0 Å². The number of hydrogen-bond acceptors (Lipinski definition) is 7. The first kappa shape index (κ1) is 21.6. The zero-order valence-electron chi connectivity index (χ0n) is 16.4. The number of amides is 1. The van der Waals surface area contributed by atoms with Crippen LogP contribution >= 0.6 is 0 Å². The van der Waals surface area contributed by atoms with Crippen LogP contribution in [0, 0.1) is 0 Å². The van der Waals surface area contributed by atoms with E-state index < -0.39 is 17.8 Å². The van der Waals surface area contributed by atoms with Crippen molar-refractivity contribution >= 4 is 29.7 Å². The zero-order valence-corrected chi connectivity index (χ0v) is 16.4. The molecule has 2 aromatic rings. The Kier molecular flexibility index (Phi) is 7.90. The molecule has 0 atom stereocenters. The lowest BCUT2D eigenvalue weighted by molar-refractivity contribution is -0.120. The van der Waals surface area contributed by atoms with Gasteiger partial charge in [-0.15, -0.1) is 0 Å². The van der Waals surface area contributed by atoms with E-state index >= 15 is 0 Å². The summed E-state index contributed by atoms with van der Waals surface area (Å²) in [6.07, 6.45) is 2.45. The largest absolute Gasteiger partial charge is 0.465 e. The molecule has 8 heteroatoms. The number of hydrogen-bond donors (Lipinski definition) is 1. The number of nitrogens with one attached hydrogen (secondary N) is 1.